The fourth-order valence-corrected chi connectivity index (χ4v) is 6.71. The topological polar surface area (TPSA) is 110 Å². The first-order valence-corrected chi connectivity index (χ1v) is 16.0. The van der Waals surface area contributed by atoms with Gasteiger partial charge in [0.25, 0.3) is 0 Å². The average molecular weight is 615 g/mol. The highest BCUT2D eigenvalue weighted by Crippen LogP contribution is 2.39. The molecule has 13 heteroatoms. The molecule has 0 N–H and O–H groups in total. The van der Waals surface area contributed by atoms with Crippen LogP contribution in [-0.2, 0) is 50.1 Å². The number of aromatic nitrogens is 4. The Morgan fingerprint density at radius 1 is 0.500 bits per heavy atom. The number of likely N-dealkylation sites (N-methyl/N-ethyl adjacent to an activating group) is 2. The van der Waals surface area contributed by atoms with E-state index in [1.165, 1.54) is 0 Å². The molecule has 0 aromatic carbocycles. The first-order valence-electron chi connectivity index (χ1n) is 16.0. The first kappa shape index (κ1) is 33.0. The second kappa shape index (κ2) is 13.8. The largest absolute Gasteiger partial charge is 0.465 e. The second-order valence-electron chi connectivity index (χ2n) is 11.5. The van der Waals surface area contributed by atoms with Crippen LogP contribution in [0.15, 0.2) is 0 Å². The molecule has 13 nitrogen and oxygen atoms in total. The summed E-state index contributed by atoms with van der Waals surface area (Å²) in [5.74, 6) is 3.02. The summed E-state index contributed by atoms with van der Waals surface area (Å²) >= 11 is 0. The number of fused-ring (bicyclic) bond motifs is 2. The van der Waals surface area contributed by atoms with Crippen LogP contribution in [0.1, 0.15) is 55.4 Å². The van der Waals surface area contributed by atoms with Gasteiger partial charge in [0.2, 0.25) is 0 Å². The number of carbonyl (C=O) groups excluding carboxylic acids is 4. The Morgan fingerprint density at radius 2 is 0.864 bits per heavy atom. The van der Waals surface area contributed by atoms with E-state index in [0.717, 1.165) is 48.4 Å². The van der Waals surface area contributed by atoms with Crippen LogP contribution >= 0.6 is 0 Å². The van der Waals surface area contributed by atoms with Crippen molar-refractivity contribution in [1.82, 2.24) is 18.3 Å². The van der Waals surface area contributed by atoms with E-state index in [4.69, 9.17) is 4.74 Å². The number of ether oxygens (including phenoxy) is 1. The lowest BCUT2D eigenvalue weighted by molar-refractivity contribution is -0.141. The monoisotopic (exact) mass is 614 g/mol. The van der Waals surface area contributed by atoms with Crippen molar-refractivity contribution in [2.75, 3.05) is 78.6 Å². The van der Waals surface area contributed by atoms with E-state index < -0.39 is 0 Å². The van der Waals surface area contributed by atoms with Crippen molar-refractivity contribution >= 4 is 46.6 Å². The van der Waals surface area contributed by atoms with Crippen LogP contribution in [0.2, 0.25) is 0 Å². The SMILES string of the molecule is CCOC(=O)CN1CCN(CC)c2c1n(CC(C)=O)c1n(CC(C)=O)c3c(n(CC)c=1n2CC)N(CC)CCN3CC(C)=O. The van der Waals surface area contributed by atoms with Gasteiger partial charge < -0.3 is 42.6 Å². The van der Waals surface area contributed by atoms with Crippen molar-refractivity contribution in [3.05, 3.63) is 11.0 Å². The summed E-state index contributed by atoms with van der Waals surface area (Å²) in [6.45, 7) is 20.9. The molecule has 0 aromatic rings. The number of nitrogens with zero attached hydrogens (tertiary/aromatic N) is 8. The van der Waals surface area contributed by atoms with Crippen LogP contribution in [0.25, 0.3) is 0 Å². The Hall–Kier alpha value is -3.90. The molecule has 0 unspecified atom stereocenters. The van der Waals surface area contributed by atoms with Gasteiger partial charge in [-0.05, 0) is 55.4 Å². The molecule has 0 aliphatic carbocycles. The molecule has 0 fully saturated rings. The van der Waals surface area contributed by atoms with Crippen molar-refractivity contribution < 1.29 is 23.9 Å². The molecule has 0 amide bonds. The highest BCUT2D eigenvalue weighted by molar-refractivity contribution is 5.84. The third-order valence-electron chi connectivity index (χ3n) is 8.32. The molecule has 4 aliphatic heterocycles. The van der Waals surface area contributed by atoms with Crippen molar-refractivity contribution in [2.45, 2.75) is 81.6 Å². The Bertz CT molecular complexity index is 1530. The highest BCUT2D eigenvalue weighted by Gasteiger charge is 2.35. The standard InChI is InChI=1S/C31H50N8O5/c1-9-32-14-16-34(18-22(6)40)28-26(32)36(11-3)30-31(38(28)19-23(7)41)39(20-24(8)42)29-27(37(30)12-4)33(10-2)15-17-35(29)21-25(43)44-13-5/h9-21H2,1-8H3. The molecular weight excluding hydrogens is 564 g/mol. The molecule has 44 heavy (non-hydrogen) atoms. The number of hydrogen-bond acceptors (Lipinski definition) is 9. The second-order valence-corrected chi connectivity index (χ2v) is 11.5. The Morgan fingerprint density at radius 3 is 1.23 bits per heavy atom. The number of ketones is 3. The lowest BCUT2D eigenvalue weighted by Crippen LogP contribution is -2.49. The quantitative estimate of drug-likeness (QED) is 0.314. The van der Waals surface area contributed by atoms with Crippen molar-refractivity contribution in [1.29, 1.82) is 0 Å². The summed E-state index contributed by atoms with van der Waals surface area (Å²) in [6.07, 6.45) is 0. The zero-order valence-corrected chi connectivity index (χ0v) is 27.8. The first-order chi connectivity index (χ1) is 21.0. The van der Waals surface area contributed by atoms with Crippen LogP contribution < -0.4 is 19.6 Å². The fourth-order valence-electron chi connectivity index (χ4n) is 6.71. The molecule has 0 radical (unpaired) electrons. The fraction of sp³-hybridized carbons (Fsp3) is 0.677. The normalized spacial score (nSPS) is 14.5. The molecule has 0 saturated carbocycles. The summed E-state index contributed by atoms with van der Waals surface area (Å²) in [7, 11) is 0. The molecule has 0 saturated heterocycles. The minimum Gasteiger partial charge on any atom is -0.465 e. The van der Waals surface area contributed by atoms with E-state index in [1.54, 1.807) is 27.7 Å². The average Bonchev–Trinajstić information content (AvgIpc) is 2.96. The summed E-state index contributed by atoms with van der Waals surface area (Å²) in [6, 6.07) is 0. The molecule has 4 aliphatic rings. The zero-order valence-electron chi connectivity index (χ0n) is 27.8. The number of Topliss-reactive ketones (excluding diaryl/α,β-unsaturated/α-hetero) is 3. The van der Waals surface area contributed by atoms with E-state index in [-0.39, 0.29) is 56.1 Å². The van der Waals surface area contributed by atoms with Crippen LogP contribution in [0.3, 0.4) is 0 Å². The Balaban J connectivity index is 2.34. The van der Waals surface area contributed by atoms with Crippen LogP contribution in [0, 0.1) is 11.0 Å². The van der Waals surface area contributed by atoms with Gasteiger partial charge in [-0.25, -0.2) is 0 Å². The van der Waals surface area contributed by atoms with Gasteiger partial charge in [-0.2, -0.15) is 0 Å². The summed E-state index contributed by atoms with van der Waals surface area (Å²) in [4.78, 5) is 60.2. The van der Waals surface area contributed by atoms with Crippen LogP contribution in [0.4, 0.5) is 23.3 Å². The lowest BCUT2D eigenvalue weighted by atomic mass is 10.2. The molecular formula is C31H50N8O5. The van der Waals surface area contributed by atoms with Gasteiger partial charge in [-0.3, -0.25) is 19.2 Å². The van der Waals surface area contributed by atoms with Crippen molar-refractivity contribution in [3.8, 4) is 0 Å². The van der Waals surface area contributed by atoms with Gasteiger partial charge in [0.1, 0.15) is 23.9 Å². The summed E-state index contributed by atoms with van der Waals surface area (Å²) in [5, 5.41) is 0. The van der Waals surface area contributed by atoms with Crippen LogP contribution in [-0.4, -0.2) is 101 Å². The van der Waals surface area contributed by atoms with Crippen molar-refractivity contribution in [2.24, 2.45) is 0 Å². The third-order valence-corrected chi connectivity index (χ3v) is 8.32. The minimum atomic E-state index is -0.335. The number of rotatable bonds is 13. The zero-order chi connectivity index (χ0) is 32.3. The predicted molar refractivity (Wildman–Crippen MR) is 172 cm³/mol. The maximum absolute atomic E-state index is 13.1. The van der Waals surface area contributed by atoms with Gasteiger partial charge in [-0.15, -0.1) is 0 Å². The number of hydrogen-bond donors (Lipinski definition) is 0. The van der Waals surface area contributed by atoms with Crippen molar-refractivity contribution in [3.63, 3.8) is 0 Å². The van der Waals surface area contributed by atoms with Gasteiger partial charge in [0.15, 0.2) is 34.2 Å². The van der Waals surface area contributed by atoms with E-state index >= 15 is 0 Å². The van der Waals surface area contributed by atoms with Gasteiger partial charge >= 0.3 is 5.97 Å². The Labute approximate surface area is 259 Å². The minimum absolute atomic E-state index is 0.0308. The Kier molecular flexibility index (Phi) is 10.4. The highest BCUT2D eigenvalue weighted by atomic mass is 16.5. The van der Waals surface area contributed by atoms with E-state index in [2.05, 4.69) is 51.5 Å². The van der Waals surface area contributed by atoms with Gasteiger partial charge in [-0.1, -0.05) is 0 Å². The molecule has 0 aromatic heterocycles. The molecule has 4 rings (SSSR count). The summed E-state index contributed by atoms with van der Waals surface area (Å²) < 4.78 is 13.9. The third kappa shape index (κ3) is 6.05. The molecule has 0 atom stereocenters. The number of carbonyl (C=O) groups is 4. The maximum atomic E-state index is 13.1. The summed E-state index contributed by atoms with van der Waals surface area (Å²) in [5.41, 5.74) is 1.59. The maximum Gasteiger partial charge on any atom is 0.325 e. The van der Waals surface area contributed by atoms with E-state index in [0.29, 0.717) is 38.2 Å². The molecule has 0 spiro atoms. The van der Waals surface area contributed by atoms with E-state index in [9.17, 15) is 19.2 Å². The number of anilines is 4. The van der Waals surface area contributed by atoms with Crippen LogP contribution in [0.5, 0.6) is 0 Å². The smallest absolute Gasteiger partial charge is 0.325 e. The molecule has 0 bridgehead atoms. The molecule has 244 valence electrons. The predicted octanol–water partition coefficient (Wildman–Crippen LogP) is 2.40. The lowest BCUT2D eigenvalue weighted by Gasteiger charge is -2.44. The van der Waals surface area contributed by atoms with E-state index in [1.807, 2.05) is 14.0 Å². The number of esters is 1. The molecule has 4 heterocycles. The van der Waals surface area contributed by atoms with Gasteiger partial charge in [0, 0.05) is 52.4 Å². The van der Waals surface area contributed by atoms with Gasteiger partial charge in [0.05, 0.1) is 26.2 Å².